The van der Waals surface area contributed by atoms with E-state index in [1.807, 2.05) is 4.90 Å². The second-order valence-corrected chi connectivity index (χ2v) is 8.07. The SMILES string of the molecule is COc1ccc(C#N)c(CNC(=O)c2cn(Cc3cnc(N4CCCC4)nc3)nc2C(F)(F)F)c1F. The Morgan fingerprint density at radius 2 is 1.92 bits per heavy atom. The fourth-order valence-electron chi connectivity index (χ4n) is 3.87. The Morgan fingerprint density at radius 3 is 2.53 bits per heavy atom. The van der Waals surface area contributed by atoms with Gasteiger partial charge in [0, 0.05) is 49.4 Å². The number of nitrogens with one attached hydrogen (secondary N) is 1. The van der Waals surface area contributed by atoms with Crippen LogP contribution >= 0.6 is 0 Å². The van der Waals surface area contributed by atoms with Crippen LogP contribution in [0.1, 0.15) is 45.6 Å². The van der Waals surface area contributed by atoms with Gasteiger partial charge in [-0.15, -0.1) is 0 Å². The number of aromatic nitrogens is 4. The average molecular weight is 503 g/mol. The lowest BCUT2D eigenvalue weighted by atomic mass is 10.1. The number of amides is 1. The van der Waals surface area contributed by atoms with Crippen molar-refractivity contribution in [1.29, 1.82) is 5.26 Å². The van der Waals surface area contributed by atoms with Crippen LogP contribution in [0.25, 0.3) is 0 Å². The van der Waals surface area contributed by atoms with E-state index in [-0.39, 0.29) is 23.4 Å². The molecule has 1 aliphatic rings. The number of hydrogen-bond donors (Lipinski definition) is 1. The standard InChI is InChI=1S/C23H21F4N7O2/c1-36-18-5-4-15(8-28)16(19(18)24)11-29-21(35)17-13-34(32-20(17)23(25,26)27)12-14-9-30-22(31-10-14)33-6-2-3-7-33/h4-5,9-10,13H,2-3,6-7,11-12H2,1H3,(H,29,35). The summed E-state index contributed by atoms with van der Waals surface area (Å²) in [4.78, 5) is 23.2. The van der Waals surface area contributed by atoms with Crippen LogP contribution in [-0.4, -0.2) is 45.9 Å². The maximum atomic E-state index is 14.6. The lowest BCUT2D eigenvalue weighted by Crippen LogP contribution is -2.26. The van der Waals surface area contributed by atoms with Crippen molar-refractivity contribution in [2.24, 2.45) is 0 Å². The van der Waals surface area contributed by atoms with Crippen LogP contribution in [-0.2, 0) is 19.3 Å². The average Bonchev–Trinajstić information content (AvgIpc) is 3.54. The first kappa shape index (κ1) is 24.9. The van der Waals surface area contributed by atoms with Gasteiger partial charge in [-0.05, 0) is 25.0 Å². The van der Waals surface area contributed by atoms with Crippen LogP contribution < -0.4 is 15.0 Å². The summed E-state index contributed by atoms with van der Waals surface area (Å²) < 4.78 is 61.3. The van der Waals surface area contributed by atoms with E-state index in [4.69, 9.17) is 4.74 Å². The monoisotopic (exact) mass is 503 g/mol. The molecule has 0 bridgehead atoms. The van der Waals surface area contributed by atoms with Crippen LogP contribution in [0.3, 0.4) is 0 Å². The maximum absolute atomic E-state index is 14.6. The normalized spacial score (nSPS) is 13.5. The van der Waals surface area contributed by atoms with Gasteiger partial charge in [0.05, 0.1) is 30.9 Å². The first-order chi connectivity index (χ1) is 17.2. The Bertz CT molecular complexity index is 1290. The molecule has 188 valence electrons. The van der Waals surface area contributed by atoms with E-state index in [0.29, 0.717) is 11.5 Å². The number of benzene rings is 1. The molecule has 3 aromatic rings. The molecule has 0 radical (unpaired) electrons. The number of hydrogen-bond acceptors (Lipinski definition) is 7. The number of methoxy groups -OCH3 is 1. The molecule has 0 atom stereocenters. The zero-order valence-corrected chi connectivity index (χ0v) is 19.1. The minimum absolute atomic E-state index is 0.0854. The number of ether oxygens (including phenoxy) is 1. The lowest BCUT2D eigenvalue weighted by molar-refractivity contribution is -0.141. The molecular weight excluding hydrogens is 482 g/mol. The molecule has 1 aromatic carbocycles. The zero-order valence-electron chi connectivity index (χ0n) is 19.1. The highest BCUT2D eigenvalue weighted by Gasteiger charge is 2.39. The molecule has 1 amide bonds. The highest BCUT2D eigenvalue weighted by atomic mass is 19.4. The predicted octanol–water partition coefficient (Wildman–Crippen LogP) is 3.29. The minimum Gasteiger partial charge on any atom is -0.494 e. The summed E-state index contributed by atoms with van der Waals surface area (Å²) in [6.45, 7) is 1.07. The number of nitrogens with zero attached hydrogens (tertiary/aromatic N) is 6. The minimum atomic E-state index is -4.91. The third kappa shape index (κ3) is 5.22. The fourth-order valence-corrected chi connectivity index (χ4v) is 3.87. The summed E-state index contributed by atoms with van der Waals surface area (Å²) in [6, 6.07) is 4.32. The molecule has 0 aliphatic carbocycles. The molecule has 0 saturated carbocycles. The number of carbonyl (C=O) groups excluding carboxylic acids is 1. The van der Waals surface area contributed by atoms with Crippen molar-refractivity contribution in [1.82, 2.24) is 25.1 Å². The maximum Gasteiger partial charge on any atom is 0.435 e. The van der Waals surface area contributed by atoms with Crippen LogP contribution in [0, 0.1) is 17.1 Å². The Kier molecular flexibility index (Phi) is 7.05. The van der Waals surface area contributed by atoms with Gasteiger partial charge in [0.2, 0.25) is 5.95 Å². The highest BCUT2D eigenvalue weighted by molar-refractivity contribution is 5.95. The van der Waals surface area contributed by atoms with Crippen molar-refractivity contribution >= 4 is 11.9 Å². The number of anilines is 1. The zero-order chi connectivity index (χ0) is 25.9. The Labute approximate surface area is 203 Å². The third-order valence-electron chi connectivity index (χ3n) is 5.67. The Morgan fingerprint density at radius 1 is 1.22 bits per heavy atom. The van der Waals surface area contributed by atoms with Crippen molar-refractivity contribution in [3.05, 3.63) is 64.5 Å². The van der Waals surface area contributed by atoms with E-state index < -0.39 is 35.7 Å². The molecule has 3 heterocycles. The molecule has 1 aliphatic heterocycles. The van der Waals surface area contributed by atoms with E-state index in [0.717, 1.165) is 36.8 Å². The van der Waals surface area contributed by atoms with Gasteiger partial charge < -0.3 is 15.0 Å². The van der Waals surface area contributed by atoms with Crippen molar-refractivity contribution in [3.8, 4) is 11.8 Å². The van der Waals surface area contributed by atoms with Gasteiger partial charge in [-0.3, -0.25) is 9.48 Å². The summed E-state index contributed by atoms with van der Waals surface area (Å²) >= 11 is 0. The number of alkyl halides is 3. The van der Waals surface area contributed by atoms with Gasteiger partial charge >= 0.3 is 6.18 Å². The summed E-state index contributed by atoms with van der Waals surface area (Å²) in [5.74, 6) is -1.63. The molecule has 4 rings (SSSR count). The first-order valence-electron chi connectivity index (χ1n) is 11.0. The Hall–Kier alpha value is -4.21. The van der Waals surface area contributed by atoms with Crippen LogP contribution in [0.4, 0.5) is 23.5 Å². The molecule has 1 N–H and O–H groups in total. The molecule has 1 saturated heterocycles. The number of nitriles is 1. The van der Waals surface area contributed by atoms with Gasteiger partial charge in [0.1, 0.15) is 0 Å². The summed E-state index contributed by atoms with van der Waals surface area (Å²) in [5, 5.41) is 15.0. The van der Waals surface area contributed by atoms with Gasteiger partial charge in [-0.2, -0.15) is 23.5 Å². The summed E-state index contributed by atoms with van der Waals surface area (Å²) in [5.41, 5.74) is -1.92. The van der Waals surface area contributed by atoms with Crippen LogP contribution in [0.2, 0.25) is 0 Å². The van der Waals surface area contributed by atoms with Crippen LogP contribution in [0.15, 0.2) is 30.7 Å². The number of carbonyl (C=O) groups is 1. The Balaban J connectivity index is 1.53. The number of rotatable bonds is 7. The van der Waals surface area contributed by atoms with Gasteiger partial charge in [0.15, 0.2) is 17.3 Å². The quantitative estimate of drug-likeness (QED) is 0.493. The van der Waals surface area contributed by atoms with Gasteiger partial charge in [-0.25, -0.2) is 14.4 Å². The lowest BCUT2D eigenvalue weighted by Gasteiger charge is -2.14. The molecule has 36 heavy (non-hydrogen) atoms. The van der Waals surface area contributed by atoms with Crippen molar-refractivity contribution in [3.63, 3.8) is 0 Å². The van der Waals surface area contributed by atoms with E-state index >= 15 is 0 Å². The smallest absolute Gasteiger partial charge is 0.435 e. The first-order valence-corrected chi connectivity index (χ1v) is 11.0. The molecule has 9 nitrogen and oxygen atoms in total. The van der Waals surface area contributed by atoms with Crippen molar-refractivity contribution < 1.29 is 27.1 Å². The molecular formula is C23H21F4N7O2. The molecule has 2 aromatic heterocycles. The fraction of sp³-hybridized carbons (Fsp3) is 0.348. The third-order valence-corrected chi connectivity index (χ3v) is 5.67. The van der Waals surface area contributed by atoms with E-state index in [9.17, 15) is 27.6 Å². The summed E-state index contributed by atoms with van der Waals surface area (Å²) in [7, 11) is 1.22. The largest absolute Gasteiger partial charge is 0.494 e. The molecule has 0 unspecified atom stereocenters. The van der Waals surface area contributed by atoms with E-state index in [1.54, 1.807) is 6.07 Å². The van der Waals surface area contributed by atoms with Crippen LogP contribution in [0.5, 0.6) is 5.75 Å². The van der Waals surface area contributed by atoms with Crippen molar-refractivity contribution in [2.75, 3.05) is 25.1 Å². The van der Waals surface area contributed by atoms with Crippen molar-refractivity contribution in [2.45, 2.75) is 32.1 Å². The molecule has 1 fully saturated rings. The predicted molar refractivity (Wildman–Crippen MR) is 119 cm³/mol. The topological polar surface area (TPSA) is 109 Å². The molecule has 13 heteroatoms. The van der Waals surface area contributed by atoms with Gasteiger partial charge in [-0.1, -0.05) is 0 Å². The highest BCUT2D eigenvalue weighted by Crippen LogP contribution is 2.31. The summed E-state index contributed by atoms with van der Waals surface area (Å²) in [6.07, 6.45) is 1.15. The van der Waals surface area contributed by atoms with E-state index in [1.165, 1.54) is 31.6 Å². The van der Waals surface area contributed by atoms with E-state index in [2.05, 4.69) is 20.4 Å². The van der Waals surface area contributed by atoms with Gasteiger partial charge in [0.25, 0.3) is 5.91 Å². The second-order valence-electron chi connectivity index (χ2n) is 8.07. The second kappa shape index (κ2) is 10.2. The molecule has 0 spiro atoms. The number of halogens is 4.